The van der Waals surface area contributed by atoms with Crippen LogP contribution in [0, 0.1) is 20.8 Å². The lowest BCUT2D eigenvalue weighted by Gasteiger charge is -2.15. The molecule has 0 aliphatic rings. The summed E-state index contributed by atoms with van der Waals surface area (Å²) in [6.45, 7) is 5.43. The number of aromatic nitrogens is 2. The maximum Gasteiger partial charge on any atom is 0.255 e. The van der Waals surface area contributed by atoms with E-state index in [9.17, 15) is 9.59 Å². The monoisotopic (exact) mass is 396 g/mol. The third-order valence-corrected chi connectivity index (χ3v) is 4.42. The van der Waals surface area contributed by atoms with Crippen LogP contribution in [0.25, 0.3) is 0 Å². The van der Waals surface area contributed by atoms with Crippen LogP contribution in [0.1, 0.15) is 16.8 Å². The lowest BCUT2D eigenvalue weighted by Crippen LogP contribution is -2.30. The number of hydrogen-bond donors (Lipinski definition) is 2. The van der Waals surface area contributed by atoms with Crippen LogP contribution in [-0.2, 0) is 11.3 Å². The van der Waals surface area contributed by atoms with Crippen LogP contribution in [-0.4, -0.2) is 15.5 Å². The maximum atomic E-state index is 12.5. The maximum absolute atomic E-state index is 12.5. The smallest absolute Gasteiger partial charge is 0.255 e. The third kappa shape index (κ3) is 4.78. The van der Waals surface area contributed by atoms with Gasteiger partial charge in [-0.3, -0.25) is 14.2 Å². The minimum Gasteiger partial charge on any atom is -0.326 e. The zero-order chi connectivity index (χ0) is 20.3. The summed E-state index contributed by atoms with van der Waals surface area (Å²) in [6, 6.07) is 14.4. The topological polar surface area (TPSA) is 76.0 Å². The standard InChI is InChI=1S/C21H21ClN4O2/c1-13-5-4-6-16(9-13)24-21-23-15(3)11-20(28)26(21)12-19(27)25-18-8-7-14(2)10-17(18)22/h4-11H,12H2,1-3H3,(H,23,24)(H,25,27). The summed E-state index contributed by atoms with van der Waals surface area (Å²) < 4.78 is 1.30. The molecule has 0 unspecified atom stereocenters. The Kier molecular flexibility index (Phi) is 5.80. The van der Waals surface area contributed by atoms with E-state index in [1.807, 2.05) is 44.2 Å². The average Bonchev–Trinajstić information content (AvgIpc) is 2.60. The molecule has 1 heterocycles. The minimum atomic E-state index is -0.370. The van der Waals surface area contributed by atoms with Crippen LogP contribution >= 0.6 is 11.6 Å². The molecule has 0 spiro atoms. The molecule has 3 rings (SSSR count). The molecule has 3 aromatic rings. The molecule has 0 saturated carbocycles. The first-order valence-corrected chi connectivity index (χ1v) is 9.18. The van der Waals surface area contributed by atoms with Gasteiger partial charge in [0, 0.05) is 17.4 Å². The second-order valence-electron chi connectivity index (χ2n) is 6.67. The Bertz CT molecular complexity index is 1090. The van der Waals surface area contributed by atoms with Crippen molar-refractivity contribution in [1.29, 1.82) is 0 Å². The van der Waals surface area contributed by atoms with Gasteiger partial charge in [0.1, 0.15) is 6.54 Å². The van der Waals surface area contributed by atoms with E-state index >= 15 is 0 Å². The van der Waals surface area contributed by atoms with E-state index < -0.39 is 0 Å². The van der Waals surface area contributed by atoms with Gasteiger partial charge in [0.05, 0.1) is 10.7 Å². The third-order valence-electron chi connectivity index (χ3n) is 4.11. The number of rotatable bonds is 5. The molecule has 0 atom stereocenters. The largest absolute Gasteiger partial charge is 0.326 e. The number of aryl methyl sites for hydroxylation is 3. The molecule has 0 radical (unpaired) electrons. The Hall–Kier alpha value is -3.12. The number of carbonyl (C=O) groups is 1. The number of anilines is 3. The van der Waals surface area contributed by atoms with Crippen LogP contribution in [0.5, 0.6) is 0 Å². The molecule has 6 nitrogen and oxygen atoms in total. The molecular formula is C21H21ClN4O2. The molecule has 144 valence electrons. The van der Waals surface area contributed by atoms with Crippen molar-refractivity contribution < 1.29 is 4.79 Å². The first-order valence-electron chi connectivity index (χ1n) is 8.80. The highest BCUT2D eigenvalue weighted by Gasteiger charge is 2.13. The predicted molar refractivity (Wildman–Crippen MR) is 113 cm³/mol. The van der Waals surface area contributed by atoms with Gasteiger partial charge in [0.15, 0.2) is 0 Å². The van der Waals surface area contributed by atoms with E-state index in [0.717, 1.165) is 16.8 Å². The lowest BCUT2D eigenvalue weighted by atomic mass is 10.2. The van der Waals surface area contributed by atoms with Crippen LogP contribution in [0.4, 0.5) is 17.3 Å². The van der Waals surface area contributed by atoms with Gasteiger partial charge in [-0.2, -0.15) is 0 Å². The first-order chi connectivity index (χ1) is 13.3. The number of halogens is 1. The Labute approximate surface area is 168 Å². The summed E-state index contributed by atoms with van der Waals surface area (Å²) in [5.41, 5.74) is 3.60. The van der Waals surface area contributed by atoms with E-state index in [2.05, 4.69) is 15.6 Å². The number of carbonyl (C=O) groups excluding carboxylic acids is 1. The Morgan fingerprint density at radius 2 is 1.82 bits per heavy atom. The normalized spacial score (nSPS) is 10.6. The van der Waals surface area contributed by atoms with E-state index in [1.54, 1.807) is 19.1 Å². The fourth-order valence-corrected chi connectivity index (χ4v) is 3.06. The van der Waals surface area contributed by atoms with Gasteiger partial charge in [-0.05, 0) is 56.2 Å². The molecule has 0 aliphatic heterocycles. The number of nitrogens with zero attached hydrogens (tertiary/aromatic N) is 2. The van der Waals surface area contributed by atoms with Gasteiger partial charge in [-0.1, -0.05) is 29.8 Å². The molecule has 28 heavy (non-hydrogen) atoms. The van der Waals surface area contributed by atoms with Crippen molar-refractivity contribution in [2.24, 2.45) is 0 Å². The Balaban J connectivity index is 1.86. The van der Waals surface area contributed by atoms with Crippen molar-refractivity contribution in [3.8, 4) is 0 Å². The Morgan fingerprint density at radius 1 is 1.07 bits per heavy atom. The van der Waals surface area contributed by atoms with Crippen molar-refractivity contribution in [1.82, 2.24) is 9.55 Å². The first kappa shape index (κ1) is 19.6. The fourth-order valence-electron chi connectivity index (χ4n) is 2.78. The summed E-state index contributed by atoms with van der Waals surface area (Å²) in [7, 11) is 0. The van der Waals surface area contributed by atoms with Crippen LogP contribution in [0.3, 0.4) is 0 Å². The molecule has 0 saturated heterocycles. The highest BCUT2D eigenvalue weighted by atomic mass is 35.5. The van der Waals surface area contributed by atoms with Gasteiger partial charge < -0.3 is 10.6 Å². The van der Waals surface area contributed by atoms with Crippen molar-refractivity contribution in [2.45, 2.75) is 27.3 Å². The molecule has 1 amide bonds. The SMILES string of the molecule is Cc1cccc(Nc2nc(C)cc(=O)n2CC(=O)Nc2ccc(C)cc2Cl)c1. The Morgan fingerprint density at radius 3 is 2.54 bits per heavy atom. The van der Waals surface area contributed by atoms with Crippen molar-refractivity contribution in [3.05, 3.63) is 80.7 Å². The van der Waals surface area contributed by atoms with Gasteiger partial charge in [0.2, 0.25) is 11.9 Å². The molecule has 0 aliphatic carbocycles. The van der Waals surface area contributed by atoms with Crippen molar-refractivity contribution >= 4 is 34.8 Å². The highest BCUT2D eigenvalue weighted by molar-refractivity contribution is 6.33. The molecule has 1 aromatic heterocycles. The molecule has 2 aromatic carbocycles. The number of hydrogen-bond acceptors (Lipinski definition) is 4. The lowest BCUT2D eigenvalue weighted by molar-refractivity contribution is -0.116. The number of nitrogens with one attached hydrogen (secondary N) is 2. The molecule has 0 bridgehead atoms. The molecule has 0 fully saturated rings. The van der Waals surface area contributed by atoms with Crippen LogP contribution < -0.4 is 16.2 Å². The van der Waals surface area contributed by atoms with Gasteiger partial charge in [0.25, 0.3) is 5.56 Å². The summed E-state index contributed by atoms with van der Waals surface area (Å²) in [5.74, 6) is -0.0634. The van der Waals surface area contributed by atoms with Crippen LogP contribution in [0.15, 0.2) is 53.3 Å². The van der Waals surface area contributed by atoms with Crippen molar-refractivity contribution in [3.63, 3.8) is 0 Å². The van der Waals surface area contributed by atoms with E-state index in [1.165, 1.54) is 10.6 Å². The highest BCUT2D eigenvalue weighted by Crippen LogP contribution is 2.23. The van der Waals surface area contributed by atoms with Gasteiger partial charge >= 0.3 is 0 Å². The second-order valence-corrected chi connectivity index (χ2v) is 7.08. The number of benzene rings is 2. The summed E-state index contributed by atoms with van der Waals surface area (Å²) in [5, 5.41) is 6.32. The molecule has 7 heteroatoms. The summed E-state index contributed by atoms with van der Waals surface area (Å²) in [4.78, 5) is 29.4. The molecular weight excluding hydrogens is 376 g/mol. The number of amides is 1. The van der Waals surface area contributed by atoms with Crippen LogP contribution in [0.2, 0.25) is 5.02 Å². The van der Waals surface area contributed by atoms with Crippen molar-refractivity contribution in [2.75, 3.05) is 10.6 Å². The zero-order valence-corrected chi connectivity index (χ0v) is 16.7. The minimum absolute atomic E-state index is 0.190. The molecule has 2 N–H and O–H groups in total. The van der Waals surface area contributed by atoms with Gasteiger partial charge in [-0.25, -0.2) is 4.98 Å². The average molecular weight is 397 g/mol. The summed E-state index contributed by atoms with van der Waals surface area (Å²) in [6.07, 6.45) is 0. The van der Waals surface area contributed by atoms with Gasteiger partial charge in [-0.15, -0.1) is 0 Å². The fraction of sp³-hybridized carbons (Fsp3) is 0.190. The van der Waals surface area contributed by atoms with E-state index in [4.69, 9.17) is 11.6 Å². The summed E-state index contributed by atoms with van der Waals surface area (Å²) >= 11 is 6.17. The quantitative estimate of drug-likeness (QED) is 0.677. The van der Waals surface area contributed by atoms with E-state index in [0.29, 0.717) is 22.4 Å². The second kappa shape index (κ2) is 8.27. The van der Waals surface area contributed by atoms with E-state index in [-0.39, 0.29) is 18.0 Å². The predicted octanol–water partition coefficient (Wildman–Crippen LogP) is 4.20. The zero-order valence-electron chi connectivity index (χ0n) is 15.9.